The van der Waals surface area contributed by atoms with Crippen molar-refractivity contribution in [2.45, 2.75) is 29.8 Å². The average molecular weight is 255 g/mol. The number of hydrogen-bond acceptors (Lipinski definition) is 4. The van der Waals surface area contributed by atoms with Crippen molar-refractivity contribution >= 4 is 10.0 Å². The van der Waals surface area contributed by atoms with Crippen LogP contribution in [-0.4, -0.2) is 21.6 Å². The highest BCUT2D eigenvalue weighted by atomic mass is 32.2. The fraction of sp³-hybridized carbons (Fsp3) is 0.455. The minimum Gasteiger partial charge on any atom is -0.495 e. The second-order valence-corrected chi connectivity index (χ2v) is 5.97. The molecule has 6 heteroatoms. The lowest BCUT2D eigenvalue weighted by Crippen LogP contribution is -2.38. The van der Waals surface area contributed by atoms with E-state index in [-0.39, 0.29) is 16.7 Å². The van der Waals surface area contributed by atoms with Gasteiger partial charge in [0.2, 0.25) is 10.0 Å². The van der Waals surface area contributed by atoms with Crippen LogP contribution in [0.3, 0.4) is 0 Å². The Morgan fingerprint density at radius 2 is 2.12 bits per heavy atom. The van der Waals surface area contributed by atoms with Crippen molar-refractivity contribution in [3.63, 3.8) is 0 Å². The van der Waals surface area contributed by atoms with Crippen molar-refractivity contribution in [3.05, 3.63) is 17.7 Å². The molecular weight excluding hydrogens is 242 g/mol. The second-order valence-electron chi connectivity index (χ2n) is 4.47. The summed E-state index contributed by atoms with van der Waals surface area (Å²) in [5, 5.41) is 5.23. The van der Waals surface area contributed by atoms with Crippen molar-refractivity contribution in [3.8, 4) is 11.5 Å². The monoisotopic (exact) mass is 255 g/mol. The number of methoxy groups -OCH3 is 1. The first-order valence-electron chi connectivity index (χ1n) is 5.41. The van der Waals surface area contributed by atoms with E-state index in [1.54, 1.807) is 6.07 Å². The molecule has 0 spiro atoms. The SMILES string of the molecule is COc1ccc2c(c1S(N)(=O)=O)OC1CC2C1. The molecular formula is C11H13NO4S. The third-order valence-corrected chi connectivity index (χ3v) is 4.39. The third kappa shape index (κ3) is 1.51. The molecule has 1 aromatic rings. The normalized spacial score (nSPS) is 25.5. The van der Waals surface area contributed by atoms with E-state index < -0.39 is 10.0 Å². The van der Waals surface area contributed by atoms with Crippen LogP contribution in [-0.2, 0) is 10.0 Å². The highest BCUT2D eigenvalue weighted by molar-refractivity contribution is 7.89. The molecule has 2 aliphatic heterocycles. The van der Waals surface area contributed by atoms with Crippen LogP contribution in [0.5, 0.6) is 11.5 Å². The minimum atomic E-state index is -3.84. The van der Waals surface area contributed by atoms with Crippen LogP contribution in [0, 0.1) is 0 Å². The van der Waals surface area contributed by atoms with E-state index >= 15 is 0 Å². The molecule has 0 aromatic heterocycles. The third-order valence-electron chi connectivity index (χ3n) is 3.43. The summed E-state index contributed by atoms with van der Waals surface area (Å²) in [5.74, 6) is 1.03. The molecule has 2 N–H and O–H groups in total. The van der Waals surface area contributed by atoms with Gasteiger partial charge in [0, 0.05) is 0 Å². The van der Waals surface area contributed by atoms with Gasteiger partial charge in [-0.1, -0.05) is 6.07 Å². The Balaban J connectivity index is 2.27. The smallest absolute Gasteiger partial charge is 0.245 e. The predicted octanol–water partition coefficient (Wildman–Crippen LogP) is 0.981. The molecule has 3 aliphatic rings. The van der Waals surface area contributed by atoms with Crippen molar-refractivity contribution in [2.24, 2.45) is 5.14 Å². The minimum absolute atomic E-state index is 0.0214. The van der Waals surface area contributed by atoms with Crippen LogP contribution >= 0.6 is 0 Å². The summed E-state index contributed by atoms with van der Waals surface area (Å²) >= 11 is 0. The molecule has 17 heavy (non-hydrogen) atoms. The molecule has 2 heterocycles. The van der Waals surface area contributed by atoms with Crippen molar-refractivity contribution in [2.75, 3.05) is 7.11 Å². The van der Waals surface area contributed by atoms with Crippen LogP contribution in [0.1, 0.15) is 24.3 Å². The Labute approximate surface area is 99.6 Å². The van der Waals surface area contributed by atoms with E-state index in [4.69, 9.17) is 14.6 Å². The van der Waals surface area contributed by atoms with Crippen molar-refractivity contribution < 1.29 is 17.9 Å². The van der Waals surface area contributed by atoms with Crippen LogP contribution in [0.4, 0.5) is 0 Å². The first-order valence-corrected chi connectivity index (χ1v) is 6.95. The Morgan fingerprint density at radius 3 is 2.71 bits per heavy atom. The lowest BCUT2D eigenvalue weighted by atomic mass is 9.75. The maximum atomic E-state index is 11.6. The molecule has 1 aliphatic carbocycles. The number of sulfonamides is 1. The number of benzene rings is 1. The molecule has 0 amide bonds. The maximum Gasteiger partial charge on any atom is 0.245 e. The van der Waals surface area contributed by atoms with Crippen LogP contribution in [0.25, 0.3) is 0 Å². The summed E-state index contributed by atoms with van der Waals surface area (Å²) in [5.41, 5.74) is 0.928. The second kappa shape index (κ2) is 3.36. The molecule has 0 radical (unpaired) electrons. The summed E-state index contributed by atoms with van der Waals surface area (Å²) in [6, 6.07) is 3.50. The number of hydrogen-bond donors (Lipinski definition) is 1. The van der Waals surface area contributed by atoms with Gasteiger partial charge in [-0.15, -0.1) is 0 Å². The number of nitrogens with two attached hydrogens (primary N) is 1. The lowest BCUT2D eigenvalue weighted by Gasteiger charge is -2.43. The van der Waals surface area contributed by atoms with Gasteiger partial charge in [0.1, 0.15) is 11.5 Å². The largest absolute Gasteiger partial charge is 0.495 e. The summed E-state index contributed by atoms with van der Waals surface area (Å²) in [6.07, 6.45) is 2.05. The molecule has 1 saturated carbocycles. The number of rotatable bonds is 2. The number of ether oxygens (including phenoxy) is 2. The van der Waals surface area contributed by atoms with E-state index in [1.807, 2.05) is 6.07 Å². The van der Waals surface area contributed by atoms with E-state index in [1.165, 1.54) is 7.11 Å². The van der Waals surface area contributed by atoms with E-state index in [0.717, 1.165) is 18.4 Å². The van der Waals surface area contributed by atoms with E-state index in [0.29, 0.717) is 11.7 Å². The van der Waals surface area contributed by atoms with Gasteiger partial charge in [-0.05, 0) is 30.4 Å². The molecule has 1 fully saturated rings. The first kappa shape index (κ1) is 10.9. The van der Waals surface area contributed by atoms with Gasteiger partial charge in [0.25, 0.3) is 0 Å². The Bertz CT molecular complexity index is 575. The van der Waals surface area contributed by atoms with Crippen molar-refractivity contribution in [1.82, 2.24) is 0 Å². The molecule has 4 rings (SSSR count). The average Bonchev–Trinajstić information content (AvgIpc) is 2.23. The van der Waals surface area contributed by atoms with Gasteiger partial charge in [-0.3, -0.25) is 0 Å². The first-order chi connectivity index (χ1) is 8.00. The zero-order valence-electron chi connectivity index (χ0n) is 9.34. The standard InChI is InChI=1S/C11H13NO4S/c1-15-9-3-2-8-6-4-7(5-6)16-10(8)11(9)17(12,13)14/h2-3,6-7H,4-5H2,1H3,(H2,12,13,14). The maximum absolute atomic E-state index is 11.6. The lowest BCUT2D eigenvalue weighted by molar-refractivity contribution is 0.0649. The van der Waals surface area contributed by atoms with Gasteiger partial charge in [-0.2, -0.15) is 0 Å². The molecule has 1 aromatic carbocycles. The Morgan fingerprint density at radius 1 is 1.41 bits per heavy atom. The van der Waals surface area contributed by atoms with Gasteiger partial charge in [0.15, 0.2) is 4.90 Å². The van der Waals surface area contributed by atoms with Crippen LogP contribution in [0.2, 0.25) is 0 Å². The van der Waals surface area contributed by atoms with Gasteiger partial charge in [0.05, 0.1) is 13.2 Å². The van der Waals surface area contributed by atoms with Crippen molar-refractivity contribution in [1.29, 1.82) is 0 Å². The molecule has 2 bridgehead atoms. The summed E-state index contributed by atoms with van der Waals surface area (Å²) in [4.78, 5) is -0.0214. The molecule has 92 valence electrons. The van der Waals surface area contributed by atoms with Gasteiger partial charge >= 0.3 is 0 Å². The fourth-order valence-electron chi connectivity index (χ4n) is 2.52. The molecule has 0 unspecified atom stereocenters. The highest BCUT2D eigenvalue weighted by Gasteiger charge is 2.42. The molecule has 0 saturated heterocycles. The fourth-order valence-corrected chi connectivity index (χ4v) is 3.37. The quantitative estimate of drug-likeness (QED) is 0.854. The Kier molecular flexibility index (Phi) is 2.15. The topological polar surface area (TPSA) is 78.6 Å². The number of primary sulfonamides is 1. The molecule has 0 atom stereocenters. The summed E-state index contributed by atoms with van der Waals surface area (Å²) in [7, 11) is -2.42. The van der Waals surface area contributed by atoms with Crippen LogP contribution < -0.4 is 14.6 Å². The summed E-state index contributed by atoms with van der Waals surface area (Å²) in [6.45, 7) is 0. The zero-order chi connectivity index (χ0) is 12.2. The van der Waals surface area contributed by atoms with Gasteiger partial charge < -0.3 is 9.47 Å². The summed E-state index contributed by atoms with van der Waals surface area (Å²) < 4.78 is 34.0. The van der Waals surface area contributed by atoms with E-state index in [2.05, 4.69) is 0 Å². The Hall–Kier alpha value is -1.27. The zero-order valence-corrected chi connectivity index (χ0v) is 10.2. The van der Waals surface area contributed by atoms with Gasteiger partial charge in [-0.25, -0.2) is 13.6 Å². The highest BCUT2D eigenvalue weighted by Crippen LogP contribution is 2.52. The molecule has 5 nitrogen and oxygen atoms in total. The predicted molar refractivity (Wildman–Crippen MR) is 60.8 cm³/mol. The van der Waals surface area contributed by atoms with E-state index in [9.17, 15) is 8.42 Å². The van der Waals surface area contributed by atoms with Crippen LogP contribution in [0.15, 0.2) is 17.0 Å².